The van der Waals surface area contributed by atoms with Crippen molar-refractivity contribution in [2.24, 2.45) is 0 Å². The van der Waals surface area contributed by atoms with Gasteiger partial charge in [-0.25, -0.2) is 8.42 Å². The first-order valence-corrected chi connectivity index (χ1v) is 6.58. The van der Waals surface area contributed by atoms with Crippen molar-refractivity contribution in [3.8, 4) is 0 Å². The molecule has 1 N–H and O–H groups in total. The van der Waals surface area contributed by atoms with Crippen molar-refractivity contribution < 1.29 is 18.0 Å². The third kappa shape index (κ3) is 3.96. The average molecular weight is 234 g/mol. The Balaban J connectivity index is 2.63. The van der Waals surface area contributed by atoms with Crippen molar-refractivity contribution in [3.63, 3.8) is 0 Å². The molecule has 2 amide bonds. The van der Waals surface area contributed by atoms with Crippen LogP contribution in [0.25, 0.3) is 0 Å². The minimum Gasteiger partial charge on any atom is -0.294 e. The number of carbonyl (C=O) groups is 2. The first kappa shape index (κ1) is 12.1. The molecule has 1 heterocycles. The van der Waals surface area contributed by atoms with Gasteiger partial charge < -0.3 is 0 Å². The van der Waals surface area contributed by atoms with Crippen LogP contribution in [0.4, 0.5) is 0 Å². The molecule has 1 aliphatic heterocycles. The molecular formula is C8H14N2O4S. The highest BCUT2D eigenvalue weighted by atomic mass is 32.2. The maximum atomic E-state index is 11.0. The van der Waals surface area contributed by atoms with Crippen LogP contribution in [0, 0.1) is 0 Å². The molecule has 0 saturated carbocycles. The molecular weight excluding hydrogens is 220 g/mol. The van der Waals surface area contributed by atoms with Crippen LogP contribution in [0.1, 0.15) is 6.92 Å². The van der Waals surface area contributed by atoms with Crippen LogP contribution in [-0.2, 0) is 19.4 Å². The van der Waals surface area contributed by atoms with E-state index < -0.39 is 9.84 Å². The number of hydrogen-bond donors (Lipinski definition) is 1. The molecule has 1 fully saturated rings. The van der Waals surface area contributed by atoms with Crippen molar-refractivity contribution in [1.82, 2.24) is 10.2 Å². The van der Waals surface area contributed by atoms with Gasteiger partial charge in [0.2, 0.25) is 11.8 Å². The van der Waals surface area contributed by atoms with Gasteiger partial charge >= 0.3 is 0 Å². The summed E-state index contributed by atoms with van der Waals surface area (Å²) in [5.41, 5.74) is 0. The zero-order valence-electron chi connectivity index (χ0n) is 8.69. The summed E-state index contributed by atoms with van der Waals surface area (Å²) < 4.78 is 22.1. The standard InChI is InChI=1S/C8H14N2O4S/c1-6(5-15(2,13)14)10-3-7(11)9-8(12)4-10/h6H,3-5H2,1-2H3,(H,9,11,12). The molecule has 0 aromatic heterocycles. The summed E-state index contributed by atoms with van der Waals surface area (Å²) in [7, 11) is -3.09. The molecule has 1 rings (SSSR count). The molecule has 0 aliphatic carbocycles. The highest BCUT2D eigenvalue weighted by Gasteiger charge is 2.27. The Kier molecular flexibility index (Phi) is 3.46. The summed E-state index contributed by atoms with van der Waals surface area (Å²) in [5, 5.41) is 2.16. The number of rotatable bonds is 3. The molecule has 1 atom stereocenters. The van der Waals surface area contributed by atoms with Gasteiger partial charge in [-0.3, -0.25) is 19.8 Å². The van der Waals surface area contributed by atoms with E-state index in [9.17, 15) is 18.0 Å². The number of hydrogen-bond acceptors (Lipinski definition) is 5. The molecule has 86 valence electrons. The maximum Gasteiger partial charge on any atom is 0.240 e. The number of piperazine rings is 1. The molecule has 15 heavy (non-hydrogen) atoms. The molecule has 0 bridgehead atoms. The quantitative estimate of drug-likeness (QED) is 0.593. The van der Waals surface area contributed by atoms with E-state index in [1.165, 1.54) is 0 Å². The van der Waals surface area contributed by atoms with Crippen molar-refractivity contribution in [2.75, 3.05) is 25.1 Å². The summed E-state index contributed by atoms with van der Waals surface area (Å²) >= 11 is 0. The van der Waals surface area contributed by atoms with E-state index in [0.29, 0.717) is 0 Å². The SMILES string of the molecule is CC(CS(C)(=O)=O)N1CC(=O)NC(=O)C1. The van der Waals surface area contributed by atoms with E-state index in [0.717, 1.165) is 6.26 Å². The number of amides is 2. The fourth-order valence-electron chi connectivity index (χ4n) is 1.51. The summed E-state index contributed by atoms with van der Waals surface area (Å²) in [5.74, 6) is -0.814. The lowest BCUT2D eigenvalue weighted by atomic mass is 10.2. The Hall–Kier alpha value is -0.950. The second kappa shape index (κ2) is 4.28. The third-order valence-electron chi connectivity index (χ3n) is 2.14. The van der Waals surface area contributed by atoms with Gasteiger partial charge in [-0.1, -0.05) is 0 Å². The number of sulfone groups is 1. The third-order valence-corrected chi connectivity index (χ3v) is 3.23. The van der Waals surface area contributed by atoms with Gasteiger partial charge in [0.15, 0.2) is 0 Å². The first-order chi connectivity index (χ1) is 6.78. The summed E-state index contributed by atoms with van der Waals surface area (Å²) in [6.45, 7) is 1.83. The van der Waals surface area contributed by atoms with Gasteiger partial charge in [-0.15, -0.1) is 0 Å². The second-order valence-electron chi connectivity index (χ2n) is 3.82. The van der Waals surface area contributed by atoms with Crippen LogP contribution in [-0.4, -0.2) is 56.3 Å². The molecule has 7 heteroatoms. The minimum atomic E-state index is -3.09. The highest BCUT2D eigenvalue weighted by molar-refractivity contribution is 7.90. The van der Waals surface area contributed by atoms with Crippen LogP contribution >= 0.6 is 0 Å². The van der Waals surface area contributed by atoms with Crippen LogP contribution < -0.4 is 5.32 Å². The fourth-order valence-corrected chi connectivity index (χ4v) is 2.60. The molecule has 1 aliphatic rings. The van der Waals surface area contributed by atoms with Gasteiger partial charge in [-0.2, -0.15) is 0 Å². The van der Waals surface area contributed by atoms with Crippen LogP contribution in [0.3, 0.4) is 0 Å². The largest absolute Gasteiger partial charge is 0.294 e. The number of carbonyl (C=O) groups excluding carboxylic acids is 2. The zero-order chi connectivity index (χ0) is 11.6. The molecule has 1 unspecified atom stereocenters. The lowest BCUT2D eigenvalue weighted by Crippen LogP contribution is -2.55. The minimum absolute atomic E-state index is 0.0481. The Morgan fingerprint density at radius 2 is 1.80 bits per heavy atom. The molecule has 0 radical (unpaired) electrons. The van der Waals surface area contributed by atoms with Crippen molar-refractivity contribution in [3.05, 3.63) is 0 Å². The lowest BCUT2D eigenvalue weighted by Gasteiger charge is -2.30. The lowest BCUT2D eigenvalue weighted by molar-refractivity contribution is -0.136. The van der Waals surface area contributed by atoms with Crippen molar-refractivity contribution in [2.45, 2.75) is 13.0 Å². The summed E-state index contributed by atoms with van der Waals surface area (Å²) in [6, 6.07) is -0.324. The van der Waals surface area contributed by atoms with Crippen molar-refractivity contribution in [1.29, 1.82) is 0 Å². The van der Waals surface area contributed by atoms with E-state index >= 15 is 0 Å². The Morgan fingerprint density at radius 1 is 1.33 bits per heavy atom. The monoisotopic (exact) mass is 234 g/mol. The van der Waals surface area contributed by atoms with Crippen molar-refractivity contribution >= 4 is 21.7 Å². The second-order valence-corrected chi connectivity index (χ2v) is 6.00. The summed E-state index contributed by atoms with van der Waals surface area (Å²) in [6.07, 6.45) is 1.13. The predicted molar refractivity (Wildman–Crippen MR) is 53.9 cm³/mol. The number of imide groups is 1. The van der Waals surface area contributed by atoms with Crippen LogP contribution in [0.15, 0.2) is 0 Å². The van der Waals surface area contributed by atoms with Crippen LogP contribution in [0.5, 0.6) is 0 Å². The van der Waals surface area contributed by atoms with E-state index in [2.05, 4.69) is 5.32 Å². The molecule has 0 aromatic carbocycles. The van der Waals surface area contributed by atoms with E-state index in [4.69, 9.17) is 0 Å². The Bertz CT molecular complexity index is 360. The summed E-state index contributed by atoms with van der Waals surface area (Å²) in [4.78, 5) is 23.6. The zero-order valence-corrected chi connectivity index (χ0v) is 9.50. The Morgan fingerprint density at radius 3 is 2.20 bits per heavy atom. The van der Waals surface area contributed by atoms with E-state index in [1.54, 1.807) is 11.8 Å². The van der Waals surface area contributed by atoms with Crippen LogP contribution in [0.2, 0.25) is 0 Å². The number of nitrogens with zero attached hydrogens (tertiary/aromatic N) is 1. The average Bonchev–Trinajstić information content (AvgIpc) is 1.98. The highest BCUT2D eigenvalue weighted by Crippen LogP contribution is 2.04. The molecule has 1 saturated heterocycles. The smallest absolute Gasteiger partial charge is 0.240 e. The predicted octanol–water partition coefficient (Wildman–Crippen LogP) is -1.62. The first-order valence-electron chi connectivity index (χ1n) is 4.52. The maximum absolute atomic E-state index is 11.0. The molecule has 6 nitrogen and oxygen atoms in total. The Labute approximate surface area is 88.5 Å². The van der Waals surface area contributed by atoms with E-state index in [-0.39, 0.29) is 36.7 Å². The van der Waals surface area contributed by atoms with Gasteiger partial charge in [-0.05, 0) is 6.92 Å². The normalized spacial score (nSPS) is 21.2. The molecule has 0 spiro atoms. The molecule has 0 aromatic rings. The number of nitrogens with one attached hydrogen (secondary N) is 1. The van der Waals surface area contributed by atoms with Gasteiger partial charge in [0.1, 0.15) is 9.84 Å². The fraction of sp³-hybridized carbons (Fsp3) is 0.750. The van der Waals surface area contributed by atoms with E-state index in [1.807, 2.05) is 0 Å². The van der Waals surface area contributed by atoms with Gasteiger partial charge in [0, 0.05) is 12.3 Å². The van der Waals surface area contributed by atoms with Gasteiger partial charge in [0.25, 0.3) is 0 Å². The van der Waals surface area contributed by atoms with Gasteiger partial charge in [0.05, 0.1) is 18.8 Å². The topological polar surface area (TPSA) is 83.6 Å².